The smallest absolute Gasteiger partial charge is 0.242 e. The van der Waals surface area contributed by atoms with Gasteiger partial charge in [-0.3, -0.25) is 14.4 Å². The highest BCUT2D eigenvalue weighted by Crippen LogP contribution is 2.23. The highest BCUT2D eigenvalue weighted by atomic mass is 35.5. The number of allylic oxidation sites excluding steroid dienone is 1. The fourth-order valence-electron chi connectivity index (χ4n) is 5.63. The van der Waals surface area contributed by atoms with Crippen LogP contribution in [0.5, 0.6) is 0 Å². The minimum absolute atomic E-state index is 0.0189. The van der Waals surface area contributed by atoms with Gasteiger partial charge in [-0.05, 0) is 81.3 Å². The van der Waals surface area contributed by atoms with Crippen LogP contribution in [0.1, 0.15) is 64.5 Å². The van der Waals surface area contributed by atoms with Gasteiger partial charge in [-0.2, -0.15) is 4.72 Å². The van der Waals surface area contributed by atoms with Crippen molar-refractivity contribution in [2.45, 2.75) is 72.4 Å². The van der Waals surface area contributed by atoms with Crippen molar-refractivity contribution < 1.29 is 22.8 Å². The Kier molecular flexibility index (Phi) is 12.0. The number of primary amides is 1. The number of amides is 3. The number of hydrogen-bond acceptors (Lipinski definition) is 6. The zero-order valence-corrected chi connectivity index (χ0v) is 27.0. The molecule has 1 aromatic carbocycles. The summed E-state index contributed by atoms with van der Waals surface area (Å²) < 4.78 is 28.8. The summed E-state index contributed by atoms with van der Waals surface area (Å²) in [6.45, 7) is 12.4. The third-order valence-electron chi connectivity index (χ3n) is 8.64. The summed E-state index contributed by atoms with van der Waals surface area (Å²) in [5, 5.41) is 0.502. The van der Waals surface area contributed by atoms with Crippen LogP contribution in [0.25, 0.3) is 6.08 Å². The predicted octanol–water partition coefficient (Wildman–Crippen LogP) is 2.99. The molecule has 3 unspecified atom stereocenters. The number of nitrogens with zero attached hydrogens (tertiary/aromatic N) is 3. The van der Waals surface area contributed by atoms with Crippen LogP contribution < -0.4 is 10.5 Å². The summed E-state index contributed by atoms with van der Waals surface area (Å²) in [6, 6.07) is 4.34. The van der Waals surface area contributed by atoms with Crippen LogP contribution in [0.2, 0.25) is 5.02 Å². The number of carbonyl (C=O) groups excluding carboxylic acids is 3. The van der Waals surface area contributed by atoms with Crippen molar-refractivity contribution in [2.24, 2.45) is 17.6 Å². The molecule has 12 heteroatoms. The maximum Gasteiger partial charge on any atom is 0.242 e. The number of halogens is 1. The Morgan fingerprint density at radius 1 is 1.21 bits per heavy atom. The third kappa shape index (κ3) is 8.78. The Bertz CT molecular complexity index is 1290. The average molecular weight is 624 g/mol. The number of benzene rings is 1. The van der Waals surface area contributed by atoms with E-state index in [1.807, 2.05) is 31.7 Å². The lowest BCUT2D eigenvalue weighted by Gasteiger charge is -2.35. The van der Waals surface area contributed by atoms with Crippen LogP contribution in [-0.2, 0) is 24.4 Å². The standard InChI is InChI=1S/C30H46ClN5O5S/c1-6-34(17-21(3)23(5)29(32)38)18-26-9-7-14-36(26)28(37)19-35-13-8-10-27(30(35)39)33-42(40,41)22(4)15-24-16-25(31)12-11-20(24)2/h11-12,15-16,21,23,26-27,33H,6-10,13-14,17-19H2,1-5H3,(H2,32,38)/b22-15+/t21?,23?,26?,27-/m0/s1. The summed E-state index contributed by atoms with van der Waals surface area (Å²) in [7, 11) is -3.94. The van der Waals surface area contributed by atoms with Gasteiger partial charge in [-0.1, -0.05) is 38.4 Å². The number of nitrogens with one attached hydrogen (secondary N) is 1. The second kappa shape index (κ2) is 14.8. The average Bonchev–Trinajstić information content (AvgIpc) is 3.40. The topological polar surface area (TPSA) is 133 Å². The molecule has 0 aliphatic carbocycles. The molecular weight excluding hydrogens is 578 g/mol. The molecule has 4 atom stereocenters. The van der Waals surface area contributed by atoms with Crippen molar-refractivity contribution in [3.8, 4) is 0 Å². The quantitative estimate of drug-likeness (QED) is 0.347. The third-order valence-corrected chi connectivity index (χ3v) is 10.4. The molecule has 3 rings (SSSR count). The molecule has 0 spiro atoms. The second-order valence-electron chi connectivity index (χ2n) is 11.7. The van der Waals surface area contributed by atoms with Gasteiger partial charge in [0.15, 0.2) is 0 Å². The van der Waals surface area contributed by atoms with Gasteiger partial charge in [-0.25, -0.2) is 8.42 Å². The SMILES string of the molecule is CCN(CC(C)C(C)C(N)=O)CC1CCCN1C(=O)CN1CCC[C@H](NS(=O)(=O)/C(C)=C/c2cc(Cl)ccc2C)C1=O. The predicted molar refractivity (Wildman–Crippen MR) is 166 cm³/mol. The van der Waals surface area contributed by atoms with E-state index in [1.54, 1.807) is 18.2 Å². The van der Waals surface area contributed by atoms with E-state index < -0.39 is 16.1 Å². The van der Waals surface area contributed by atoms with Crippen LogP contribution in [0, 0.1) is 18.8 Å². The number of likely N-dealkylation sites (tertiary alicyclic amines) is 2. The van der Waals surface area contributed by atoms with E-state index in [9.17, 15) is 22.8 Å². The van der Waals surface area contributed by atoms with E-state index in [4.69, 9.17) is 17.3 Å². The zero-order chi connectivity index (χ0) is 31.2. The fourth-order valence-corrected chi connectivity index (χ4v) is 6.88. The molecular formula is C30H46ClN5O5S. The van der Waals surface area contributed by atoms with Crippen molar-refractivity contribution >= 4 is 45.4 Å². The Balaban J connectivity index is 1.62. The summed E-state index contributed by atoms with van der Waals surface area (Å²) >= 11 is 6.08. The lowest BCUT2D eigenvalue weighted by Crippen LogP contribution is -2.55. The molecule has 234 valence electrons. The van der Waals surface area contributed by atoms with Crippen LogP contribution in [-0.4, -0.2) is 92.2 Å². The van der Waals surface area contributed by atoms with Gasteiger partial charge in [-0.15, -0.1) is 0 Å². The van der Waals surface area contributed by atoms with Gasteiger partial charge in [0.2, 0.25) is 27.7 Å². The second-order valence-corrected chi connectivity index (χ2v) is 14.1. The molecule has 0 saturated carbocycles. The van der Waals surface area contributed by atoms with E-state index in [0.29, 0.717) is 49.6 Å². The van der Waals surface area contributed by atoms with Crippen molar-refractivity contribution in [2.75, 3.05) is 39.3 Å². The molecule has 2 fully saturated rings. The number of aryl methyl sites for hydroxylation is 1. The summed E-state index contributed by atoms with van der Waals surface area (Å²) in [5.41, 5.74) is 7.06. The maximum absolute atomic E-state index is 13.4. The Hall–Kier alpha value is -2.47. The molecule has 3 amide bonds. The van der Waals surface area contributed by atoms with Crippen LogP contribution in [0.3, 0.4) is 0 Å². The van der Waals surface area contributed by atoms with Crippen molar-refractivity contribution in [3.05, 3.63) is 39.3 Å². The Morgan fingerprint density at radius 2 is 1.90 bits per heavy atom. The Labute approximate surface area is 255 Å². The first-order valence-electron chi connectivity index (χ1n) is 14.8. The monoisotopic (exact) mass is 623 g/mol. The summed E-state index contributed by atoms with van der Waals surface area (Å²) in [6.07, 6.45) is 4.25. The van der Waals surface area contributed by atoms with Crippen molar-refractivity contribution in [3.63, 3.8) is 0 Å². The lowest BCUT2D eigenvalue weighted by atomic mass is 9.94. The molecule has 0 bridgehead atoms. The molecule has 0 radical (unpaired) electrons. The molecule has 2 heterocycles. The molecule has 42 heavy (non-hydrogen) atoms. The fraction of sp³-hybridized carbons (Fsp3) is 0.633. The van der Waals surface area contributed by atoms with Gasteiger partial charge in [0, 0.05) is 43.2 Å². The van der Waals surface area contributed by atoms with E-state index in [-0.39, 0.29) is 47.0 Å². The van der Waals surface area contributed by atoms with Crippen LogP contribution in [0.15, 0.2) is 23.1 Å². The van der Waals surface area contributed by atoms with E-state index >= 15 is 0 Å². The number of hydrogen-bond donors (Lipinski definition) is 2. The first-order chi connectivity index (χ1) is 19.7. The molecule has 2 saturated heterocycles. The number of carbonyl (C=O) groups is 3. The maximum atomic E-state index is 13.4. The van der Waals surface area contributed by atoms with E-state index in [0.717, 1.165) is 24.9 Å². The number of likely N-dealkylation sites (N-methyl/N-ethyl adjacent to an activating group) is 1. The molecule has 2 aliphatic heterocycles. The highest BCUT2D eigenvalue weighted by Gasteiger charge is 2.36. The first kappa shape index (κ1) is 34.0. The molecule has 1 aromatic rings. The first-order valence-corrected chi connectivity index (χ1v) is 16.7. The molecule has 3 N–H and O–H groups in total. The summed E-state index contributed by atoms with van der Waals surface area (Å²) in [5.74, 6) is -0.976. The minimum atomic E-state index is -3.94. The van der Waals surface area contributed by atoms with Crippen molar-refractivity contribution in [1.82, 2.24) is 19.4 Å². The van der Waals surface area contributed by atoms with Gasteiger partial charge in [0.05, 0.1) is 11.4 Å². The van der Waals surface area contributed by atoms with Gasteiger partial charge in [0.1, 0.15) is 6.04 Å². The number of sulfonamides is 1. The number of rotatable bonds is 13. The number of nitrogens with two attached hydrogens (primary N) is 1. The zero-order valence-electron chi connectivity index (χ0n) is 25.4. The van der Waals surface area contributed by atoms with Gasteiger partial charge >= 0.3 is 0 Å². The molecule has 0 aromatic heterocycles. The molecule has 10 nitrogen and oxygen atoms in total. The van der Waals surface area contributed by atoms with Gasteiger partial charge in [0.25, 0.3) is 0 Å². The normalized spacial score (nSPS) is 21.6. The lowest BCUT2D eigenvalue weighted by molar-refractivity contribution is -0.143. The van der Waals surface area contributed by atoms with Gasteiger partial charge < -0.3 is 20.4 Å². The van der Waals surface area contributed by atoms with Crippen LogP contribution >= 0.6 is 11.6 Å². The van der Waals surface area contributed by atoms with Crippen molar-refractivity contribution in [1.29, 1.82) is 0 Å². The Morgan fingerprint density at radius 3 is 2.57 bits per heavy atom. The van der Waals surface area contributed by atoms with E-state index in [2.05, 4.69) is 16.5 Å². The minimum Gasteiger partial charge on any atom is -0.369 e. The highest BCUT2D eigenvalue weighted by molar-refractivity contribution is 7.93. The number of piperidine rings is 1. The van der Waals surface area contributed by atoms with Crippen LogP contribution in [0.4, 0.5) is 0 Å². The van der Waals surface area contributed by atoms with E-state index in [1.165, 1.54) is 11.8 Å². The molecule has 2 aliphatic rings. The largest absolute Gasteiger partial charge is 0.369 e. The summed E-state index contributed by atoms with van der Waals surface area (Å²) in [4.78, 5) is 44.0.